The molecule has 0 aromatic carbocycles. The fourth-order valence-corrected chi connectivity index (χ4v) is 5.22. The van der Waals surface area contributed by atoms with Crippen LogP contribution in [0.5, 0.6) is 0 Å². The topological polar surface area (TPSA) is 79.3 Å². The molecule has 1 aliphatic rings. The Kier molecular flexibility index (Phi) is 4.95. The van der Waals surface area contributed by atoms with E-state index in [1.807, 2.05) is 31.0 Å². The lowest BCUT2D eigenvalue weighted by Crippen LogP contribution is -2.44. The van der Waals surface area contributed by atoms with Gasteiger partial charge in [-0.3, -0.25) is 4.68 Å². The Balaban J connectivity index is 1.82. The summed E-state index contributed by atoms with van der Waals surface area (Å²) in [6.45, 7) is 7.69. The highest BCUT2D eigenvalue weighted by atomic mass is 32.2. The predicted octanol–water partition coefficient (Wildman–Crippen LogP) is 0.987. The van der Waals surface area contributed by atoms with E-state index in [9.17, 15) is 8.42 Å². The average Bonchev–Trinajstić information content (AvgIpc) is 3.10. The summed E-state index contributed by atoms with van der Waals surface area (Å²) in [6.07, 6.45) is 0. The van der Waals surface area contributed by atoms with E-state index in [1.165, 1.54) is 11.3 Å². The monoisotopic (exact) mass is 369 g/mol. The molecule has 3 heterocycles. The van der Waals surface area contributed by atoms with E-state index < -0.39 is 10.0 Å². The van der Waals surface area contributed by atoms with Crippen molar-refractivity contribution in [3.8, 4) is 0 Å². The molecule has 0 spiro atoms. The second-order valence-corrected chi connectivity index (χ2v) is 8.92. The summed E-state index contributed by atoms with van der Waals surface area (Å²) >= 11 is 1.24. The van der Waals surface area contributed by atoms with Crippen LogP contribution in [-0.4, -0.2) is 44.4 Å². The molecule has 1 saturated heterocycles. The Morgan fingerprint density at radius 3 is 2.67 bits per heavy atom. The van der Waals surface area contributed by atoms with Crippen molar-refractivity contribution in [3.63, 3.8) is 0 Å². The van der Waals surface area contributed by atoms with Crippen LogP contribution in [0.2, 0.25) is 0 Å². The van der Waals surface area contributed by atoms with Crippen LogP contribution in [0.1, 0.15) is 16.8 Å². The maximum Gasteiger partial charge on any atom is 0.250 e. The van der Waals surface area contributed by atoms with Crippen LogP contribution in [0.15, 0.2) is 15.7 Å². The van der Waals surface area contributed by atoms with Crippen molar-refractivity contribution in [1.82, 2.24) is 19.8 Å². The summed E-state index contributed by atoms with van der Waals surface area (Å²) in [5, 5.41) is 9.66. The summed E-state index contributed by atoms with van der Waals surface area (Å²) in [4.78, 5) is 2.26. The van der Waals surface area contributed by atoms with Crippen LogP contribution in [0, 0.1) is 13.8 Å². The van der Waals surface area contributed by atoms with E-state index >= 15 is 0 Å². The first-order valence-corrected chi connectivity index (χ1v) is 10.3. The third-order valence-corrected chi connectivity index (χ3v) is 7.10. The molecule has 9 heteroatoms. The fourth-order valence-electron chi connectivity index (χ4n) is 2.95. The van der Waals surface area contributed by atoms with Gasteiger partial charge >= 0.3 is 0 Å². The second kappa shape index (κ2) is 6.83. The highest BCUT2D eigenvalue weighted by molar-refractivity contribution is 7.91. The molecule has 1 aliphatic heterocycles. The molecule has 0 atom stereocenters. The molecule has 3 rings (SSSR count). The van der Waals surface area contributed by atoms with Gasteiger partial charge in [0.1, 0.15) is 10.0 Å². The summed E-state index contributed by atoms with van der Waals surface area (Å²) < 4.78 is 29.9. The number of anilines is 1. The molecule has 0 aliphatic carbocycles. The van der Waals surface area contributed by atoms with Gasteiger partial charge in [0, 0.05) is 45.3 Å². The zero-order chi connectivity index (χ0) is 17.3. The molecular weight excluding hydrogens is 346 g/mol. The number of piperazine rings is 1. The van der Waals surface area contributed by atoms with Crippen LogP contribution in [0.3, 0.4) is 0 Å². The van der Waals surface area contributed by atoms with E-state index in [2.05, 4.69) is 20.0 Å². The van der Waals surface area contributed by atoms with Crippen molar-refractivity contribution in [2.45, 2.75) is 24.6 Å². The lowest BCUT2D eigenvalue weighted by Gasteiger charge is -2.30. The van der Waals surface area contributed by atoms with Gasteiger partial charge < -0.3 is 10.2 Å². The minimum absolute atomic E-state index is 0.248. The normalized spacial score (nSPS) is 15.9. The first-order chi connectivity index (χ1) is 11.4. The average molecular weight is 370 g/mol. The first kappa shape index (κ1) is 17.4. The number of aryl methyl sites for hydroxylation is 3. The molecule has 132 valence electrons. The Morgan fingerprint density at radius 2 is 2.04 bits per heavy atom. The molecule has 0 saturated carbocycles. The number of rotatable bonds is 5. The van der Waals surface area contributed by atoms with Gasteiger partial charge in [-0.05, 0) is 30.9 Å². The van der Waals surface area contributed by atoms with Crippen molar-refractivity contribution in [1.29, 1.82) is 0 Å². The molecule has 24 heavy (non-hydrogen) atoms. The van der Waals surface area contributed by atoms with Crippen molar-refractivity contribution in [3.05, 3.63) is 28.3 Å². The minimum atomic E-state index is -3.49. The lowest BCUT2D eigenvalue weighted by molar-refractivity contribution is 0.568. The minimum Gasteiger partial charge on any atom is -0.354 e. The third-order valence-electron chi connectivity index (χ3n) is 4.14. The van der Waals surface area contributed by atoms with Crippen molar-refractivity contribution in [2.75, 3.05) is 31.1 Å². The number of hydrogen-bond donors (Lipinski definition) is 2. The molecule has 2 aromatic rings. The van der Waals surface area contributed by atoms with Crippen molar-refractivity contribution < 1.29 is 8.42 Å². The van der Waals surface area contributed by atoms with Gasteiger partial charge in [0.15, 0.2) is 0 Å². The zero-order valence-electron chi connectivity index (χ0n) is 14.2. The number of aromatic nitrogens is 2. The molecule has 0 radical (unpaired) electrons. The SMILES string of the molecule is Cc1csc(S(=O)(=O)NCc2c(C)nn(C)c2N2CCNCC2)c1. The molecule has 0 amide bonds. The standard InChI is InChI=1S/C15H23N5O2S2/c1-11-8-14(23-10-11)24(21,22)17-9-13-12(2)18-19(3)15(13)20-6-4-16-5-7-20/h8,10,16-17H,4-7,9H2,1-3H3. The van der Waals surface area contributed by atoms with E-state index in [4.69, 9.17) is 0 Å². The molecule has 1 fully saturated rings. The number of thiophene rings is 1. The number of nitrogens with one attached hydrogen (secondary N) is 2. The Labute approximate surface area is 146 Å². The smallest absolute Gasteiger partial charge is 0.250 e. The summed E-state index contributed by atoms with van der Waals surface area (Å²) in [7, 11) is -1.58. The van der Waals surface area contributed by atoms with Crippen molar-refractivity contribution in [2.24, 2.45) is 7.05 Å². The molecule has 2 N–H and O–H groups in total. The van der Waals surface area contributed by atoms with Crippen LogP contribution in [0.4, 0.5) is 5.82 Å². The third kappa shape index (κ3) is 3.49. The fraction of sp³-hybridized carbons (Fsp3) is 0.533. The number of sulfonamides is 1. The molecule has 2 aromatic heterocycles. The van der Waals surface area contributed by atoms with Crippen LogP contribution >= 0.6 is 11.3 Å². The number of nitrogens with zero attached hydrogens (tertiary/aromatic N) is 3. The Morgan fingerprint density at radius 1 is 1.33 bits per heavy atom. The molecule has 0 bridgehead atoms. The highest BCUT2D eigenvalue weighted by Gasteiger charge is 2.23. The molecular formula is C15H23N5O2S2. The van der Waals surface area contributed by atoms with Gasteiger partial charge in [0.2, 0.25) is 10.0 Å². The Hall–Kier alpha value is -1.42. The van der Waals surface area contributed by atoms with Gasteiger partial charge in [0.25, 0.3) is 0 Å². The Bertz CT molecular complexity index is 819. The van der Waals surface area contributed by atoms with Crippen LogP contribution in [0.25, 0.3) is 0 Å². The lowest BCUT2D eigenvalue weighted by atomic mass is 10.2. The highest BCUT2D eigenvalue weighted by Crippen LogP contribution is 2.25. The summed E-state index contributed by atoms with van der Waals surface area (Å²) in [5.74, 6) is 0.999. The molecule has 7 nitrogen and oxygen atoms in total. The van der Waals surface area contributed by atoms with Crippen molar-refractivity contribution >= 4 is 27.2 Å². The molecule has 0 unspecified atom stereocenters. The van der Waals surface area contributed by atoms with Gasteiger partial charge in [-0.15, -0.1) is 11.3 Å². The van der Waals surface area contributed by atoms with Crippen LogP contribution in [-0.2, 0) is 23.6 Å². The van der Waals surface area contributed by atoms with E-state index in [1.54, 1.807) is 6.07 Å². The van der Waals surface area contributed by atoms with E-state index in [-0.39, 0.29) is 6.54 Å². The summed E-state index contributed by atoms with van der Waals surface area (Å²) in [6, 6.07) is 1.69. The van der Waals surface area contributed by atoms with Gasteiger partial charge in [-0.1, -0.05) is 0 Å². The van der Waals surface area contributed by atoms with E-state index in [0.29, 0.717) is 4.21 Å². The van der Waals surface area contributed by atoms with Crippen LogP contribution < -0.4 is 14.9 Å². The van der Waals surface area contributed by atoms with Gasteiger partial charge in [0.05, 0.1) is 5.69 Å². The van der Waals surface area contributed by atoms with Gasteiger partial charge in [-0.2, -0.15) is 5.10 Å². The largest absolute Gasteiger partial charge is 0.354 e. The maximum absolute atomic E-state index is 12.5. The number of hydrogen-bond acceptors (Lipinski definition) is 6. The maximum atomic E-state index is 12.5. The first-order valence-electron chi connectivity index (χ1n) is 7.91. The predicted molar refractivity (Wildman–Crippen MR) is 96.1 cm³/mol. The quantitative estimate of drug-likeness (QED) is 0.822. The second-order valence-electron chi connectivity index (χ2n) is 6.02. The summed E-state index contributed by atoms with van der Waals surface area (Å²) in [5.41, 5.74) is 2.76. The van der Waals surface area contributed by atoms with E-state index in [0.717, 1.165) is 48.8 Å². The zero-order valence-corrected chi connectivity index (χ0v) is 15.8. The van der Waals surface area contributed by atoms with Gasteiger partial charge in [-0.25, -0.2) is 13.1 Å².